The van der Waals surface area contributed by atoms with Gasteiger partial charge in [-0.05, 0) is 102 Å². The lowest BCUT2D eigenvalue weighted by atomic mass is 9.96. The molecule has 2 atom stereocenters. The Morgan fingerprint density at radius 1 is 1.04 bits per heavy atom. The van der Waals surface area contributed by atoms with Gasteiger partial charge in [-0.1, -0.05) is 18.6 Å². The van der Waals surface area contributed by atoms with Crippen molar-refractivity contribution in [2.45, 2.75) is 110 Å². The molecule has 2 aromatic carbocycles. The van der Waals surface area contributed by atoms with Crippen molar-refractivity contribution in [3.8, 4) is 5.75 Å². The SMILES string of the molecule is CC(C)(O)Cn1ncc2ccc(COc3cccnc3C3CCCCN3Cc3cc(C(=O)OC(C)(C)C)cc4c3ncn4CC3CCO3)cc21. The van der Waals surface area contributed by atoms with E-state index >= 15 is 0 Å². The molecule has 11 nitrogen and oxygen atoms in total. The van der Waals surface area contributed by atoms with E-state index < -0.39 is 11.2 Å². The predicted molar refractivity (Wildman–Crippen MR) is 191 cm³/mol. The average molecular weight is 681 g/mol. The van der Waals surface area contributed by atoms with Crippen LogP contribution in [0.2, 0.25) is 0 Å². The lowest BCUT2D eigenvalue weighted by Gasteiger charge is -2.36. The number of rotatable bonds is 11. The van der Waals surface area contributed by atoms with E-state index in [1.165, 1.54) is 0 Å². The van der Waals surface area contributed by atoms with Gasteiger partial charge in [0, 0.05) is 24.7 Å². The van der Waals surface area contributed by atoms with Crippen LogP contribution in [0.4, 0.5) is 0 Å². The molecule has 0 saturated carbocycles. The number of nitrogens with zero attached hydrogens (tertiary/aromatic N) is 6. The number of imidazole rings is 1. The van der Waals surface area contributed by atoms with Gasteiger partial charge in [-0.3, -0.25) is 14.6 Å². The molecule has 0 bridgehead atoms. The van der Waals surface area contributed by atoms with E-state index in [9.17, 15) is 9.90 Å². The second kappa shape index (κ2) is 13.8. The Kier molecular flexibility index (Phi) is 9.40. The molecule has 3 aromatic heterocycles. The molecule has 264 valence electrons. The number of hydrogen-bond acceptors (Lipinski definition) is 9. The van der Waals surface area contributed by atoms with Crippen molar-refractivity contribution in [1.82, 2.24) is 29.2 Å². The quantitative estimate of drug-likeness (QED) is 0.154. The Hall–Kier alpha value is -4.32. The molecule has 11 heteroatoms. The zero-order valence-electron chi connectivity index (χ0n) is 29.8. The molecule has 50 heavy (non-hydrogen) atoms. The van der Waals surface area contributed by atoms with Gasteiger partial charge in [-0.25, -0.2) is 9.78 Å². The lowest BCUT2D eigenvalue weighted by Crippen LogP contribution is -2.34. The van der Waals surface area contributed by atoms with E-state index in [1.807, 2.05) is 74.5 Å². The van der Waals surface area contributed by atoms with Gasteiger partial charge in [0.1, 0.15) is 18.0 Å². The highest BCUT2D eigenvalue weighted by Gasteiger charge is 2.30. The Balaban J connectivity index is 1.15. The molecule has 1 N–H and O–H groups in total. The van der Waals surface area contributed by atoms with Crippen LogP contribution in [0.15, 0.2) is 61.2 Å². The fraction of sp³-hybridized carbons (Fsp3) is 0.487. The highest BCUT2D eigenvalue weighted by atomic mass is 16.6. The summed E-state index contributed by atoms with van der Waals surface area (Å²) in [5.74, 6) is 0.414. The highest BCUT2D eigenvalue weighted by Crippen LogP contribution is 2.37. The maximum absolute atomic E-state index is 13.4. The number of fused-ring (bicyclic) bond motifs is 2. The van der Waals surface area contributed by atoms with Gasteiger partial charge < -0.3 is 23.9 Å². The fourth-order valence-corrected chi connectivity index (χ4v) is 6.95. The smallest absolute Gasteiger partial charge is 0.338 e. The number of piperidine rings is 1. The third-order valence-electron chi connectivity index (χ3n) is 9.38. The zero-order chi connectivity index (χ0) is 35.0. The molecule has 2 fully saturated rings. The van der Waals surface area contributed by atoms with Gasteiger partial charge in [0.15, 0.2) is 0 Å². The number of ether oxygens (including phenoxy) is 3. The van der Waals surface area contributed by atoms with Crippen LogP contribution in [0.5, 0.6) is 5.75 Å². The van der Waals surface area contributed by atoms with Crippen LogP contribution < -0.4 is 4.74 Å². The minimum Gasteiger partial charge on any atom is -0.487 e. The Morgan fingerprint density at radius 3 is 2.64 bits per heavy atom. The Bertz CT molecular complexity index is 1980. The average Bonchev–Trinajstić information content (AvgIpc) is 3.64. The first-order valence-electron chi connectivity index (χ1n) is 17.7. The third-order valence-corrected chi connectivity index (χ3v) is 9.38. The first-order valence-corrected chi connectivity index (χ1v) is 17.7. The van der Waals surface area contributed by atoms with E-state index in [0.29, 0.717) is 31.8 Å². The summed E-state index contributed by atoms with van der Waals surface area (Å²) in [7, 11) is 0. The van der Waals surface area contributed by atoms with Crippen molar-refractivity contribution in [2.75, 3.05) is 13.2 Å². The number of carbonyl (C=O) groups excluding carboxylic acids is 1. The van der Waals surface area contributed by atoms with Crippen molar-refractivity contribution in [3.63, 3.8) is 0 Å². The van der Waals surface area contributed by atoms with E-state index in [0.717, 1.165) is 83.3 Å². The van der Waals surface area contributed by atoms with Crippen molar-refractivity contribution >= 4 is 27.9 Å². The number of esters is 1. The fourth-order valence-electron chi connectivity index (χ4n) is 6.95. The van der Waals surface area contributed by atoms with Crippen LogP contribution in [-0.2, 0) is 35.7 Å². The first-order chi connectivity index (χ1) is 23.9. The molecule has 5 aromatic rings. The van der Waals surface area contributed by atoms with Crippen LogP contribution in [0.1, 0.15) is 93.5 Å². The molecule has 0 radical (unpaired) electrons. The molecular formula is C39H48N6O5. The Morgan fingerprint density at radius 2 is 1.88 bits per heavy atom. The highest BCUT2D eigenvalue weighted by molar-refractivity contribution is 5.95. The summed E-state index contributed by atoms with van der Waals surface area (Å²) in [5, 5.41) is 15.9. The Labute approximate surface area is 293 Å². The van der Waals surface area contributed by atoms with Gasteiger partial charge in [-0.15, -0.1) is 0 Å². The predicted octanol–water partition coefficient (Wildman–Crippen LogP) is 6.60. The number of aliphatic hydroxyl groups is 1. The van der Waals surface area contributed by atoms with E-state index in [4.69, 9.17) is 24.2 Å². The van der Waals surface area contributed by atoms with Crippen LogP contribution in [0.25, 0.3) is 21.9 Å². The summed E-state index contributed by atoms with van der Waals surface area (Å²) < 4.78 is 22.0. The zero-order valence-corrected chi connectivity index (χ0v) is 29.8. The molecular weight excluding hydrogens is 632 g/mol. The number of carbonyl (C=O) groups is 1. The van der Waals surface area contributed by atoms with Crippen LogP contribution >= 0.6 is 0 Å². The normalized spacial score (nSPS) is 18.8. The minimum atomic E-state index is -0.879. The van der Waals surface area contributed by atoms with Crippen molar-refractivity contribution < 1.29 is 24.1 Å². The van der Waals surface area contributed by atoms with E-state index in [2.05, 4.69) is 26.7 Å². The second-order valence-electron chi connectivity index (χ2n) is 15.3. The molecule has 7 rings (SSSR count). The maximum Gasteiger partial charge on any atom is 0.338 e. The molecule has 2 aliphatic rings. The standard InChI is InChI=1S/C39H48N6O5/c1-38(2,3)50-37(46)28-18-29(35-33(19-28)44(25-41-35)22-30-13-16-48-30)21-43-15-7-6-9-31(43)36-34(10-8-14-40-36)49-23-26-11-12-27-20-42-45(32(27)17-26)24-39(4,5)47/h8,10-12,14,17-20,25,30-31,47H,6-7,9,13,15-16,21-24H2,1-5H3. The molecule has 2 aliphatic heterocycles. The molecule has 0 amide bonds. The van der Waals surface area contributed by atoms with Gasteiger partial charge in [0.25, 0.3) is 0 Å². The van der Waals surface area contributed by atoms with E-state index in [1.54, 1.807) is 13.8 Å². The topological polar surface area (TPSA) is 117 Å². The number of aromatic nitrogens is 5. The van der Waals surface area contributed by atoms with Gasteiger partial charge in [0.05, 0.1) is 71.2 Å². The summed E-state index contributed by atoms with van der Waals surface area (Å²) in [5.41, 5.74) is 4.70. The lowest BCUT2D eigenvalue weighted by molar-refractivity contribution is -0.0586. The molecule has 2 saturated heterocycles. The number of pyridine rings is 1. The molecule has 2 unspecified atom stereocenters. The largest absolute Gasteiger partial charge is 0.487 e. The van der Waals surface area contributed by atoms with Gasteiger partial charge in [0.2, 0.25) is 0 Å². The maximum atomic E-state index is 13.4. The van der Waals surface area contributed by atoms with Crippen LogP contribution in [0.3, 0.4) is 0 Å². The van der Waals surface area contributed by atoms with Crippen molar-refractivity contribution in [2.24, 2.45) is 0 Å². The third kappa shape index (κ3) is 7.70. The first kappa shape index (κ1) is 34.1. The minimum absolute atomic E-state index is 0.0290. The second-order valence-corrected chi connectivity index (χ2v) is 15.3. The summed E-state index contributed by atoms with van der Waals surface area (Å²) in [6.45, 7) is 13.0. The summed E-state index contributed by atoms with van der Waals surface area (Å²) >= 11 is 0. The summed E-state index contributed by atoms with van der Waals surface area (Å²) in [6, 6.07) is 14.0. The van der Waals surface area contributed by atoms with Gasteiger partial charge >= 0.3 is 5.97 Å². The molecule has 5 heterocycles. The van der Waals surface area contributed by atoms with Crippen LogP contribution in [-0.4, -0.2) is 70.7 Å². The van der Waals surface area contributed by atoms with Crippen molar-refractivity contribution in [1.29, 1.82) is 0 Å². The number of benzene rings is 2. The van der Waals surface area contributed by atoms with Crippen molar-refractivity contribution in [3.05, 3.63) is 83.6 Å². The summed E-state index contributed by atoms with van der Waals surface area (Å²) in [4.78, 5) is 25.6. The summed E-state index contributed by atoms with van der Waals surface area (Å²) in [6.07, 6.45) is 9.80. The number of hydrogen-bond donors (Lipinski definition) is 1. The molecule has 0 spiro atoms. The van der Waals surface area contributed by atoms with Crippen LogP contribution in [0, 0.1) is 0 Å². The van der Waals surface area contributed by atoms with Gasteiger partial charge in [-0.2, -0.15) is 5.10 Å². The number of likely N-dealkylation sites (tertiary alicyclic amines) is 1. The van der Waals surface area contributed by atoms with E-state index in [-0.39, 0.29) is 18.1 Å². The monoisotopic (exact) mass is 680 g/mol. The molecule has 0 aliphatic carbocycles.